The first-order chi connectivity index (χ1) is 11.8. The van der Waals surface area contributed by atoms with Gasteiger partial charge in [0.25, 0.3) is 0 Å². The molecule has 0 aliphatic rings. The normalized spacial score (nSPS) is 14.2. The quantitative estimate of drug-likeness (QED) is 0.388. The van der Waals surface area contributed by atoms with Gasteiger partial charge in [0, 0.05) is 6.42 Å². The largest absolute Gasteiger partial charge is 0.392 e. The van der Waals surface area contributed by atoms with Crippen molar-refractivity contribution in [1.29, 1.82) is 0 Å². The third-order valence-electron chi connectivity index (χ3n) is 4.33. The van der Waals surface area contributed by atoms with Crippen LogP contribution in [0, 0.1) is 0 Å². The lowest BCUT2D eigenvalue weighted by molar-refractivity contribution is -0.116. The van der Waals surface area contributed by atoms with Gasteiger partial charge in [-0.15, -0.1) is 0 Å². The van der Waals surface area contributed by atoms with Gasteiger partial charge in [0.15, 0.2) is 0 Å². The van der Waals surface area contributed by atoms with Crippen LogP contribution in [0.5, 0.6) is 0 Å². The van der Waals surface area contributed by atoms with Crippen LogP contribution in [0.25, 0.3) is 0 Å². The molecule has 0 bridgehead atoms. The van der Waals surface area contributed by atoms with Gasteiger partial charge in [0.05, 0.1) is 6.61 Å². The highest BCUT2D eigenvalue weighted by atomic mass is 16.3. The van der Waals surface area contributed by atoms with Gasteiger partial charge in [0.1, 0.15) is 5.78 Å². The smallest absolute Gasteiger partial charge is 0.130 e. The lowest BCUT2D eigenvalue weighted by atomic mass is 10.0. The first-order valence-corrected chi connectivity index (χ1v) is 9.58. The van der Waals surface area contributed by atoms with E-state index in [1.165, 1.54) is 16.7 Å². The van der Waals surface area contributed by atoms with Crippen LogP contribution >= 0.6 is 0 Å². The predicted molar refractivity (Wildman–Crippen MR) is 110 cm³/mol. The SMILES string of the molecule is CC(=O)CCC=C(C)CCC=C(C)CCC=C(C)CCC=C(C)CO. The molecule has 25 heavy (non-hydrogen) atoms. The number of carbonyl (C=O) groups excluding carboxylic acids is 1. The van der Waals surface area contributed by atoms with Crippen LogP contribution in [0.1, 0.15) is 86.0 Å². The molecule has 0 radical (unpaired) electrons. The van der Waals surface area contributed by atoms with Gasteiger partial charge in [-0.1, -0.05) is 46.6 Å². The van der Waals surface area contributed by atoms with E-state index in [2.05, 4.69) is 45.1 Å². The highest BCUT2D eigenvalue weighted by Gasteiger charge is 1.95. The number of Topliss-reactive ketones (excluding diaryl/α,β-unsaturated/α-hetero) is 1. The van der Waals surface area contributed by atoms with E-state index in [9.17, 15) is 4.79 Å². The monoisotopic (exact) mass is 346 g/mol. The van der Waals surface area contributed by atoms with Crippen LogP contribution in [0.2, 0.25) is 0 Å². The minimum absolute atomic E-state index is 0.165. The summed E-state index contributed by atoms with van der Waals surface area (Å²) >= 11 is 0. The summed E-state index contributed by atoms with van der Waals surface area (Å²) in [4.78, 5) is 10.9. The Morgan fingerprint density at radius 2 is 0.920 bits per heavy atom. The molecule has 0 aromatic heterocycles. The molecule has 0 spiro atoms. The Kier molecular flexibility index (Phi) is 14.1. The number of hydrogen-bond acceptors (Lipinski definition) is 2. The van der Waals surface area contributed by atoms with E-state index in [-0.39, 0.29) is 12.4 Å². The maximum Gasteiger partial charge on any atom is 0.130 e. The number of aliphatic hydroxyl groups is 1. The Morgan fingerprint density at radius 3 is 1.24 bits per heavy atom. The van der Waals surface area contributed by atoms with E-state index in [0.717, 1.165) is 50.5 Å². The van der Waals surface area contributed by atoms with Gasteiger partial charge in [-0.05, 0) is 79.6 Å². The molecule has 2 nitrogen and oxygen atoms in total. The van der Waals surface area contributed by atoms with Gasteiger partial charge in [-0.25, -0.2) is 0 Å². The highest BCUT2D eigenvalue weighted by Crippen LogP contribution is 2.14. The van der Waals surface area contributed by atoms with E-state index in [4.69, 9.17) is 5.11 Å². The standard InChI is InChI=1S/C23H38O2/c1-19(11-7-13-21(3)15-9-17-23(5)25)10-6-12-20(2)14-8-16-22(4)18-24/h11-12,15-16,24H,6-10,13-14,17-18H2,1-5H3. The molecule has 0 atom stereocenters. The summed E-state index contributed by atoms with van der Waals surface area (Å²) in [6.07, 6.45) is 17.0. The van der Waals surface area contributed by atoms with Crippen molar-refractivity contribution in [3.63, 3.8) is 0 Å². The van der Waals surface area contributed by atoms with E-state index in [1.807, 2.05) is 6.92 Å². The van der Waals surface area contributed by atoms with Crippen LogP contribution in [-0.4, -0.2) is 17.5 Å². The van der Waals surface area contributed by atoms with Crippen LogP contribution in [0.15, 0.2) is 46.6 Å². The minimum Gasteiger partial charge on any atom is -0.392 e. The molecule has 0 saturated heterocycles. The molecular formula is C23H38O2. The molecule has 0 heterocycles. The lowest BCUT2D eigenvalue weighted by Crippen LogP contribution is -1.87. The van der Waals surface area contributed by atoms with E-state index >= 15 is 0 Å². The summed E-state index contributed by atoms with van der Waals surface area (Å²) in [5, 5.41) is 8.97. The Bertz CT molecular complexity index is 504. The summed E-state index contributed by atoms with van der Waals surface area (Å²) < 4.78 is 0. The summed E-state index contributed by atoms with van der Waals surface area (Å²) in [6.45, 7) is 10.3. The zero-order chi connectivity index (χ0) is 19.1. The highest BCUT2D eigenvalue weighted by molar-refractivity contribution is 5.75. The third-order valence-corrected chi connectivity index (χ3v) is 4.33. The Labute approximate surface area is 155 Å². The number of hydrogen-bond donors (Lipinski definition) is 1. The van der Waals surface area contributed by atoms with Gasteiger partial charge in [0.2, 0.25) is 0 Å². The first kappa shape index (κ1) is 23.6. The number of allylic oxidation sites excluding steroid dienone is 7. The summed E-state index contributed by atoms with van der Waals surface area (Å²) in [6, 6.07) is 0. The van der Waals surface area contributed by atoms with Crippen molar-refractivity contribution >= 4 is 5.78 Å². The van der Waals surface area contributed by atoms with Crippen LogP contribution in [-0.2, 0) is 4.79 Å². The van der Waals surface area contributed by atoms with Gasteiger partial charge >= 0.3 is 0 Å². The van der Waals surface area contributed by atoms with Crippen molar-refractivity contribution < 1.29 is 9.90 Å². The third kappa shape index (κ3) is 15.8. The number of aliphatic hydroxyl groups excluding tert-OH is 1. The van der Waals surface area contributed by atoms with Crippen LogP contribution in [0.4, 0.5) is 0 Å². The second-order valence-corrected chi connectivity index (χ2v) is 7.22. The van der Waals surface area contributed by atoms with Crippen molar-refractivity contribution in [3.8, 4) is 0 Å². The molecule has 0 amide bonds. The summed E-state index contributed by atoms with van der Waals surface area (Å²) in [5.74, 6) is 0.266. The average Bonchev–Trinajstić information content (AvgIpc) is 2.54. The summed E-state index contributed by atoms with van der Waals surface area (Å²) in [7, 11) is 0. The molecule has 2 heteroatoms. The van der Waals surface area contributed by atoms with Gasteiger partial charge in [-0.2, -0.15) is 0 Å². The maximum absolute atomic E-state index is 10.9. The number of rotatable bonds is 13. The second-order valence-electron chi connectivity index (χ2n) is 7.22. The Balaban J connectivity index is 4.00. The van der Waals surface area contributed by atoms with Crippen LogP contribution in [0.3, 0.4) is 0 Å². The first-order valence-electron chi connectivity index (χ1n) is 9.58. The molecule has 0 saturated carbocycles. The predicted octanol–water partition coefficient (Wildman–Crippen LogP) is 6.47. The fraction of sp³-hybridized carbons (Fsp3) is 0.609. The Hall–Kier alpha value is -1.41. The van der Waals surface area contributed by atoms with Crippen LogP contribution < -0.4 is 0 Å². The topological polar surface area (TPSA) is 37.3 Å². The molecule has 0 rings (SSSR count). The zero-order valence-corrected chi connectivity index (χ0v) is 17.0. The molecule has 1 N–H and O–H groups in total. The second kappa shape index (κ2) is 14.9. The van der Waals surface area contributed by atoms with E-state index < -0.39 is 0 Å². The molecule has 142 valence electrons. The van der Waals surface area contributed by atoms with Crippen molar-refractivity contribution in [3.05, 3.63) is 46.6 Å². The van der Waals surface area contributed by atoms with Gasteiger partial charge in [-0.3, -0.25) is 0 Å². The minimum atomic E-state index is 0.165. The molecule has 0 fully saturated rings. The molecular weight excluding hydrogens is 308 g/mol. The molecule has 0 aromatic rings. The summed E-state index contributed by atoms with van der Waals surface area (Å²) in [5.41, 5.74) is 5.32. The zero-order valence-electron chi connectivity index (χ0n) is 17.0. The van der Waals surface area contributed by atoms with E-state index in [0.29, 0.717) is 6.42 Å². The maximum atomic E-state index is 10.9. The lowest BCUT2D eigenvalue weighted by Gasteiger charge is -2.03. The Morgan fingerprint density at radius 1 is 0.600 bits per heavy atom. The van der Waals surface area contributed by atoms with Crippen molar-refractivity contribution in [1.82, 2.24) is 0 Å². The number of carbonyl (C=O) groups is 1. The molecule has 0 unspecified atom stereocenters. The number of ketones is 1. The van der Waals surface area contributed by atoms with E-state index in [1.54, 1.807) is 6.92 Å². The average molecular weight is 347 g/mol. The fourth-order valence-electron chi connectivity index (χ4n) is 2.53. The van der Waals surface area contributed by atoms with Crippen molar-refractivity contribution in [2.45, 2.75) is 86.0 Å². The fourth-order valence-corrected chi connectivity index (χ4v) is 2.53. The molecule has 0 aliphatic heterocycles. The van der Waals surface area contributed by atoms with Gasteiger partial charge < -0.3 is 9.90 Å². The molecule has 0 aromatic carbocycles. The molecule has 0 aliphatic carbocycles. The van der Waals surface area contributed by atoms with Crippen molar-refractivity contribution in [2.75, 3.05) is 6.61 Å². The van der Waals surface area contributed by atoms with Crippen molar-refractivity contribution in [2.24, 2.45) is 0 Å².